The lowest BCUT2D eigenvalue weighted by Gasteiger charge is -2.31. The van der Waals surface area contributed by atoms with Crippen LogP contribution >= 0.6 is 0 Å². The maximum atomic E-state index is 6.07. The van der Waals surface area contributed by atoms with Crippen molar-refractivity contribution in [3.63, 3.8) is 0 Å². The van der Waals surface area contributed by atoms with Gasteiger partial charge in [0.25, 0.3) is 0 Å². The van der Waals surface area contributed by atoms with Gasteiger partial charge in [0, 0.05) is 6.04 Å². The van der Waals surface area contributed by atoms with Crippen molar-refractivity contribution in [2.45, 2.75) is 38.6 Å². The van der Waals surface area contributed by atoms with Gasteiger partial charge in [0.1, 0.15) is 0 Å². The Labute approximate surface area is 63.0 Å². The number of hydrogen-bond acceptors (Lipinski definition) is 1. The minimum absolute atomic E-state index is 0.559. The molecule has 0 heterocycles. The molecule has 2 saturated carbocycles. The molecule has 2 aliphatic rings. The molecule has 3 atom stereocenters. The van der Waals surface area contributed by atoms with Crippen molar-refractivity contribution in [3.8, 4) is 0 Å². The van der Waals surface area contributed by atoms with E-state index in [2.05, 4.69) is 6.92 Å². The Kier molecular flexibility index (Phi) is 1.48. The predicted molar refractivity (Wildman–Crippen MR) is 42.6 cm³/mol. The largest absolute Gasteiger partial charge is 0.327 e. The van der Waals surface area contributed by atoms with Gasteiger partial charge in [-0.25, -0.2) is 0 Å². The Bertz CT molecular complexity index is 124. The predicted octanol–water partition coefficient (Wildman–Crippen LogP) is 1.77. The average molecular weight is 139 g/mol. The molecule has 2 aliphatic carbocycles. The molecule has 0 saturated heterocycles. The molecule has 0 spiro atoms. The smallest absolute Gasteiger partial charge is 0.00982 e. The molecular formula is C9H17N. The summed E-state index contributed by atoms with van der Waals surface area (Å²) < 4.78 is 0. The van der Waals surface area contributed by atoms with Crippen molar-refractivity contribution in [1.82, 2.24) is 0 Å². The number of nitrogens with two attached hydrogens (primary N) is 1. The topological polar surface area (TPSA) is 26.0 Å². The zero-order valence-electron chi connectivity index (χ0n) is 6.72. The fourth-order valence-electron chi connectivity index (χ4n) is 2.06. The molecule has 0 aromatic carbocycles. The van der Waals surface area contributed by atoms with Crippen LogP contribution in [0.15, 0.2) is 0 Å². The molecule has 2 rings (SSSR count). The van der Waals surface area contributed by atoms with Gasteiger partial charge in [-0.1, -0.05) is 13.3 Å². The third-order valence-corrected chi connectivity index (χ3v) is 3.36. The van der Waals surface area contributed by atoms with E-state index in [1.54, 1.807) is 0 Å². The van der Waals surface area contributed by atoms with Crippen molar-refractivity contribution in [2.24, 2.45) is 23.5 Å². The normalized spacial score (nSPS) is 42.6. The van der Waals surface area contributed by atoms with E-state index in [1.807, 2.05) is 0 Å². The van der Waals surface area contributed by atoms with Crippen molar-refractivity contribution < 1.29 is 0 Å². The summed E-state index contributed by atoms with van der Waals surface area (Å²) in [7, 11) is 0. The fourth-order valence-corrected chi connectivity index (χ4v) is 2.06. The Balaban J connectivity index is 1.81. The van der Waals surface area contributed by atoms with E-state index in [4.69, 9.17) is 5.73 Å². The number of rotatable bonds is 2. The minimum Gasteiger partial charge on any atom is -0.327 e. The highest BCUT2D eigenvalue weighted by atomic mass is 14.7. The van der Waals surface area contributed by atoms with E-state index in [0.29, 0.717) is 6.04 Å². The van der Waals surface area contributed by atoms with E-state index < -0.39 is 0 Å². The second-order valence-corrected chi connectivity index (χ2v) is 4.15. The molecular weight excluding hydrogens is 122 g/mol. The quantitative estimate of drug-likeness (QED) is 0.620. The summed E-state index contributed by atoms with van der Waals surface area (Å²) in [6, 6.07) is 0.559. The molecule has 2 N–H and O–H groups in total. The molecule has 0 aromatic heterocycles. The molecule has 0 aromatic rings. The van der Waals surface area contributed by atoms with Gasteiger partial charge < -0.3 is 5.73 Å². The van der Waals surface area contributed by atoms with Gasteiger partial charge in [0.15, 0.2) is 0 Å². The van der Waals surface area contributed by atoms with E-state index in [9.17, 15) is 0 Å². The van der Waals surface area contributed by atoms with Crippen LogP contribution in [0.5, 0.6) is 0 Å². The summed E-state index contributed by atoms with van der Waals surface area (Å²) in [4.78, 5) is 0. The number of hydrogen-bond donors (Lipinski definition) is 1. The lowest BCUT2D eigenvalue weighted by Crippen LogP contribution is -2.36. The van der Waals surface area contributed by atoms with Gasteiger partial charge in [0.2, 0.25) is 0 Å². The van der Waals surface area contributed by atoms with Crippen LogP contribution in [-0.4, -0.2) is 6.04 Å². The molecule has 1 nitrogen and oxygen atoms in total. The van der Waals surface area contributed by atoms with Crippen LogP contribution in [0.2, 0.25) is 0 Å². The van der Waals surface area contributed by atoms with Gasteiger partial charge in [-0.05, 0) is 37.0 Å². The highest BCUT2D eigenvalue weighted by Crippen LogP contribution is 2.45. The molecule has 1 heteroatoms. The lowest BCUT2D eigenvalue weighted by molar-refractivity contribution is 0.240. The van der Waals surface area contributed by atoms with Crippen LogP contribution < -0.4 is 5.73 Å². The van der Waals surface area contributed by atoms with Crippen LogP contribution in [0.25, 0.3) is 0 Å². The minimum atomic E-state index is 0.559. The first-order valence-electron chi connectivity index (χ1n) is 4.54. The van der Waals surface area contributed by atoms with E-state index in [0.717, 1.165) is 17.8 Å². The van der Waals surface area contributed by atoms with Gasteiger partial charge in [-0.3, -0.25) is 0 Å². The molecule has 10 heavy (non-hydrogen) atoms. The van der Waals surface area contributed by atoms with E-state index >= 15 is 0 Å². The Morgan fingerprint density at radius 3 is 2.30 bits per heavy atom. The molecule has 58 valence electrons. The third kappa shape index (κ3) is 0.968. The van der Waals surface area contributed by atoms with E-state index in [-0.39, 0.29) is 0 Å². The summed E-state index contributed by atoms with van der Waals surface area (Å²) in [5.74, 6) is 2.73. The highest BCUT2D eigenvalue weighted by molar-refractivity contribution is 4.95. The van der Waals surface area contributed by atoms with Crippen molar-refractivity contribution in [3.05, 3.63) is 0 Å². The first-order chi connectivity index (χ1) is 4.79. The standard InChI is InChI=1S/C9H17N/c1-6-5-8(6)9(10)7-3-2-4-7/h6-9H,2-5,10H2,1H3. The van der Waals surface area contributed by atoms with Crippen LogP contribution in [0.4, 0.5) is 0 Å². The van der Waals surface area contributed by atoms with Crippen LogP contribution in [-0.2, 0) is 0 Å². The molecule has 2 fully saturated rings. The van der Waals surface area contributed by atoms with Crippen molar-refractivity contribution in [2.75, 3.05) is 0 Å². The van der Waals surface area contributed by atoms with Crippen molar-refractivity contribution in [1.29, 1.82) is 0 Å². The van der Waals surface area contributed by atoms with Crippen LogP contribution in [0, 0.1) is 17.8 Å². The second kappa shape index (κ2) is 2.23. The highest BCUT2D eigenvalue weighted by Gasteiger charge is 2.42. The second-order valence-electron chi connectivity index (χ2n) is 4.15. The van der Waals surface area contributed by atoms with Gasteiger partial charge in [-0.15, -0.1) is 0 Å². The SMILES string of the molecule is CC1CC1C(N)C1CCC1. The molecule has 0 aliphatic heterocycles. The van der Waals surface area contributed by atoms with Gasteiger partial charge in [-0.2, -0.15) is 0 Å². The summed E-state index contributed by atoms with van der Waals surface area (Å²) in [6.45, 7) is 2.32. The lowest BCUT2D eigenvalue weighted by atomic mass is 9.78. The van der Waals surface area contributed by atoms with Gasteiger partial charge in [0.05, 0.1) is 0 Å². The van der Waals surface area contributed by atoms with Crippen molar-refractivity contribution >= 4 is 0 Å². The Morgan fingerprint density at radius 1 is 1.40 bits per heavy atom. The summed E-state index contributed by atoms with van der Waals surface area (Å²) in [6.07, 6.45) is 5.64. The maximum Gasteiger partial charge on any atom is 0.00982 e. The monoisotopic (exact) mass is 139 g/mol. The Morgan fingerprint density at radius 2 is 2.00 bits per heavy atom. The van der Waals surface area contributed by atoms with Crippen LogP contribution in [0.3, 0.4) is 0 Å². The fraction of sp³-hybridized carbons (Fsp3) is 1.00. The molecule has 0 radical (unpaired) electrons. The third-order valence-electron chi connectivity index (χ3n) is 3.36. The zero-order valence-corrected chi connectivity index (χ0v) is 6.72. The maximum absolute atomic E-state index is 6.07. The van der Waals surface area contributed by atoms with Gasteiger partial charge >= 0.3 is 0 Å². The van der Waals surface area contributed by atoms with Crippen LogP contribution in [0.1, 0.15) is 32.6 Å². The summed E-state index contributed by atoms with van der Waals surface area (Å²) >= 11 is 0. The summed E-state index contributed by atoms with van der Waals surface area (Å²) in [5.41, 5.74) is 6.07. The first-order valence-corrected chi connectivity index (χ1v) is 4.54. The van der Waals surface area contributed by atoms with E-state index in [1.165, 1.54) is 25.7 Å². The molecule has 3 unspecified atom stereocenters. The zero-order chi connectivity index (χ0) is 7.14. The first kappa shape index (κ1) is 6.66. The average Bonchev–Trinajstić information content (AvgIpc) is 2.41. The molecule has 0 bridgehead atoms. The summed E-state index contributed by atoms with van der Waals surface area (Å²) in [5, 5.41) is 0. The molecule has 0 amide bonds. The Hall–Kier alpha value is -0.0400.